The first kappa shape index (κ1) is 12.4. The molecule has 0 radical (unpaired) electrons. The molecule has 0 bridgehead atoms. The molecule has 0 aliphatic carbocycles. The topological polar surface area (TPSA) is 20.3 Å². The lowest BCUT2D eigenvalue weighted by atomic mass is 9.95. The molecule has 0 aromatic heterocycles. The molecule has 1 fully saturated rings. The van der Waals surface area contributed by atoms with Crippen molar-refractivity contribution in [2.45, 2.75) is 20.3 Å². The number of nitrogens with zero attached hydrogens (tertiary/aromatic N) is 1. The Morgan fingerprint density at radius 1 is 1.47 bits per heavy atom. The Morgan fingerprint density at radius 2 is 2.24 bits per heavy atom. The number of halogens is 1. The van der Waals surface area contributed by atoms with Crippen molar-refractivity contribution in [3.63, 3.8) is 0 Å². The van der Waals surface area contributed by atoms with Crippen LogP contribution >= 0.6 is 11.6 Å². The maximum atomic E-state index is 10.7. The van der Waals surface area contributed by atoms with Crippen LogP contribution in [0.5, 0.6) is 0 Å². The zero-order valence-electron chi connectivity index (χ0n) is 10.3. The van der Waals surface area contributed by atoms with Crippen LogP contribution in [0.3, 0.4) is 0 Å². The van der Waals surface area contributed by atoms with Gasteiger partial charge >= 0.3 is 0 Å². The summed E-state index contributed by atoms with van der Waals surface area (Å²) >= 11 is 6.05. The van der Waals surface area contributed by atoms with Gasteiger partial charge in [-0.1, -0.05) is 25.4 Å². The summed E-state index contributed by atoms with van der Waals surface area (Å²) in [5, 5.41) is 0.547. The van der Waals surface area contributed by atoms with Crippen LogP contribution in [-0.2, 0) is 0 Å². The molecule has 1 aromatic carbocycles. The molecule has 2 rings (SSSR count). The summed E-state index contributed by atoms with van der Waals surface area (Å²) in [6.07, 6.45) is 2.04. The molecule has 3 heteroatoms. The lowest BCUT2D eigenvalue weighted by molar-refractivity contribution is 0.112. The number of aldehydes is 1. The van der Waals surface area contributed by atoms with Crippen LogP contribution in [0.4, 0.5) is 5.69 Å². The van der Waals surface area contributed by atoms with Gasteiger partial charge in [0.25, 0.3) is 0 Å². The van der Waals surface area contributed by atoms with Gasteiger partial charge in [-0.25, -0.2) is 0 Å². The monoisotopic (exact) mass is 251 g/mol. The van der Waals surface area contributed by atoms with Crippen LogP contribution in [-0.4, -0.2) is 19.4 Å². The van der Waals surface area contributed by atoms with Gasteiger partial charge in [0.05, 0.1) is 5.02 Å². The van der Waals surface area contributed by atoms with Crippen LogP contribution < -0.4 is 4.90 Å². The number of carbonyl (C=O) groups excluding carboxylic acids is 1. The summed E-state index contributed by atoms with van der Waals surface area (Å²) in [6, 6.07) is 5.68. The smallest absolute Gasteiger partial charge is 0.151 e. The molecule has 1 saturated heterocycles. The number of benzene rings is 1. The zero-order chi connectivity index (χ0) is 12.4. The average molecular weight is 252 g/mol. The highest BCUT2D eigenvalue weighted by Gasteiger charge is 2.25. The molecule has 0 N–H and O–H groups in total. The molecule has 17 heavy (non-hydrogen) atoms. The number of rotatable bonds is 3. The van der Waals surface area contributed by atoms with Gasteiger partial charge < -0.3 is 4.90 Å². The van der Waals surface area contributed by atoms with E-state index in [4.69, 9.17) is 11.6 Å². The van der Waals surface area contributed by atoms with E-state index in [1.165, 1.54) is 6.42 Å². The lowest BCUT2D eigenvalue weighted by Crippen LogP contribution is -2.21. The molecular weight excluding hydrogens is 234 g/mol. The van der Waals surface area contributed by atoms with Crippen LogP contribution in [0.15, 0.2) is 18.2 Å². The van der Waals surface area contributed by atoms with Gasteiger partial charge in [0.1, 0.15) is 0 Å². The van der Waals surface area contributed by atoms with E-state index < -0.39 is 0 Å². The molecule has 92 valence electrons. The maximum absolute atomic E-state index is 10.7. The molecule has 1 aliphatic heterocycles. The van der Waals surface area contributed by atoms with Crippen molar-refractivity contribution < 1.29 is 4.79 Å². The molecule has 0 spiro atoms. The van der Waals surface area contributed by atoms with Crippen molar-refractivity contribution in [3.05, 3.63) is 28.8 Å². The fourth-order valence-electron chi connectivity index (χ4n) is 2.37. The summed E-state index contributed by atoms with van der Waals surface area (Å²) in [5.74, 6) is 1.49. The highest BCUT2D eigenvalue weighted by Crippen LogP contribution is 2.30. The first-order valence-corrected chi connectivity index (χ1v) is 6.49. The summed E-state index contributed by atoms with van der Waals surface area (Å²) in [7, 11) is 0. The minimum absolute atomic E-state index is 0.547. The quantitative estimate of drug-likeness (QED) is 0.765. The van der Waals surface area contributed by atoms with E-state index in [9.17, 15) is 4.79 Å². The van der Waals surface area contributed by atoms with Gasteiger partial charge in [0.15, 0.2) is 6.29 Å². The Labute approximate surface area is 108 Å². The summed E-state index contributed by atoms with van der Waals surface area (Å²) in [6.45, 7) is 6.72. The fraction of sp³-hybridized carbons (Fsp3) is 0.500. The summed E-state index contributed by atoms with van der Waals surface area (Å²) < 4.78 is 0. The molecule has 1 atom stereocenters. The number of anilines is 1. The van der Waals surface area contributed by atoms with E-state index in [1.54, 1.807) is 6.07 Å². The predicted molar refractivity (Wildman–Crippen MR) is 72.0 cm³/mol. The van der Waals surface area contributed by atoms with Crippen molar-refractivity contribution in [1.82, 2.24) is 0 Å². The van der Waals surface area contributed by atoms with Gasteiger partial charge in [-0.05, 0) is 36.5 Å². The van der Waals surface area contributed by atoms with Gasteiger partial charge in [-0.2, -0.15) is 0 Å². The molecule has 0 saturated carbocycles. The lowest BCUT2D eigenvalue weighted by Gasteiger charge is -2.20. The Morgan fingerprint density at radius 3 is 2.76 bits per heavy atom. The molecule has 1 aliphatic rings. The Hall–Kier alpha value is -1.02. The minimum atomic E-state index is 0.547. The molecule has 1 aromatic rings. The second kappa shape index (κ2) is 5.09. The van der Waals surface area contributed by atoms with E-state index >= 15 is 0 Å². The normalized spacial score (nSPS) is 20.0. The molecule has 1 heterocycles. The first-order valence-electron chi connectivity index (χ1n) is 6.11. The Kier molecular flexibility index (Phi) is 3.72. The largest absolute Gasteiger partial charge is 0.371 e. The fourth-order valence-corrected chi connectivity index (χ4v) is 2.59. The highest BCUT2D eigenvalue weighted by molar-refractivity contribution is 6.33. The van der Waals surface area contributed by atoms with Gasteiger partial charge in [-0.15, -0.1) is 0 Å². The van der Waals surface area contributed by atoms with E-state index in [0.29, 0.717) is 10.6 Å². The van der Waals surface area contributed by atoms with Crippen molar-refractivity contribution in [3.8, 4) is 0 Å². The van der Waals surface area contributed by atoms with E-state index in [0.717, 1.165) is 36.9 Å². The standard InChI is InChI=1S/C14H18ClNO/c1-10(2)11-5-6-16(8-11)13-4-3-12(9-17)14(15)7-13/h3-4,7,9-11H,5-6,8H2,1-2H3. The predicted octanol–water partition coefficient (Wildman–Crippen LogP) is 3.63. The first-order chi connectivity index (χ1) is 8.11. The van der Waals surface area contributed by atoms with E-state index in [-0.39, 0.29) is 0 Å². The van der Waals surface area contributed by atoms with Crippen molar-refractivity contribution in [1.29, 1.82) is 0 Å². The zero-order valence-corrected chi connectivity index (χ0v) is 11.1. The van der Waals surface area contributed by atoms with Gasteiger partial charge in [0.2, 0.25) is 0 Å². The summed E-state index contributed by atoms with van der Waals surface area (Å²) in [5.41, 5.74) is 1.69. The molecule has 0 amide bonds. The van der Waals surface area contributed by atoms with Crippen molar-refractivity contribution >= 4 is 23.6 Å². The molecule has 2 nitrogen and oxygen atoms in total. The average Bonchev–Trinajstić information content (AvgIpc) is 2.78. The van der Waals surface area contributed by atoms with Crippen molar-refractivity contribution in [2.24, 2.45) is 11.8 Å². The van der Waals surface area contributed by atoms with Crippen LogP contribution in [0.1, 0.15) is 30.6 Å². The highest BCUT2D eigenvalue weighted by atomic mass is 35.5. The minimum Gasteiger partial charge on any atom is -0.371 e. The third kappa shape index (κ3) is 2.63. The molecular formula is C14H18ClNO. The van der Waals surface area contributed by atoms with E-state index in [1.807, 2.05) is 12.1 Å². The number of hydrogen-bond donors (Lipinski definition) is 0. The summed E-state index contributed by atoms with van der Waals surface area (Å²) in [4.78, 5) is 13.1. The Bertz CT molecular complexity index is 417. The van der Waals surface area contributed by atoms with E-state index in [2.05, 4.69) is 18.7 Å². The third-order valence-corrected chi connectivity index (χ3v) is 3.97. The second-order valence-corrected chi connectivity index (χ2v) is 5.47. The number of hydrogen-bond acceptors (Lipinski definition) is 2. The molecule has 1 unspecified atom stereocenters. The SMILES string of the molecule is CC(C)C1CCN(c2ccc(C=O)c(Cl)c2)C1. The maximum Gasteiger partial charge on any atom is 0.151 e. The van der Waals surface area contributed by atoms with Gasteiger partial charge in [-0.3, -0.25) is 4.79 Å². The third-order valence-electron chi connectivity index (χ3n) is 3.64. The van der Waals surface area contributed by atoms with Crippen LogP contribution in [0.2, 0.25) is 5.02 Å². The second-order valence-electron chi connectivity index (χ2n) is 5.06. The van der Waals surface area contributed by atoms with Crippen LogP contribution in [0.25, 0.3) is 0 Å². The number of carbonyl (C=O) groups is 1. The van der Waals surface area contributed by atoms with Crippen LogP contribution in [0, 0.1) is 11.8 Å². The Balaban J connectivity index is 2.14. The van der Waals surface area contributed by atoms with Crippen molar-refractivity contribution in [2.75, 3.05) is 18.0 Å². The van der Waals surface area contributed by atoms with Gasteiger partial charge in [0, 0.05) is 24.3 Å².